The molecule has 1 aromatic carbocycles. The number of carbonyl (C=O) groups is 1. The molecule has 5 nitrogen and oxygen atoms in total. The van der Waals surface area contributed by atoms with Gasteiger partial charge in [0.1, 0.15) is 17.9 Å². The summed E-state index contributed by atoms with van der Waals surface area (Å²) < 4.78 is 0. The topological polar surface area (TPSA) is 104 Å². The van der Waals surface area contributed by atoms with E-state index < -0.39 is 18.1 Å². The zero-order chi connectivity index (χ0) is 11.6. The molecule has 0 fully saturated rings. The van der Waals surface area contributed by atoms with Gasteiger partial charge in [-0.15, -0.1) is 0 Å². The Morgan fingerprint density at radius 1 is 1.47 bits per heavy atom. The van der Waals surface area contributed by atoms with E-state index in [4.69, 9.17) is 27.5 Å². The summed E-state index contributed by atoms with van der Waals surface area (Å²) >= 11 is 5.59. The van der Waals surface area contributed by atoms with E-state index in [1.807, 2.05) is 0 Å². The Bertz CT molecular complexity index is 382. The number of aliphatic hydroxyl groups excluding tert-OH is 1. The SMILES string of the molecule is N[C@H](C(=O)O)[C@H](O)c1ccc(O)c(Cl)c1. The van der Waals surface area contributed by atoms with Crippen molar-refractivity contribution in [1.29, 1.82) is 0 Å². The van der Waals surface area contributed by atoms with Gasteiger partial charge in [0.05, 0.1) is 5.02 Å². The summed E-state index contributed by atoms with van der Waals surface area (Å²) in [5.74, 6) is -1.46. The van der Waals surface area contributed by atoms with Crippen LogP contribution in [0, 0.1) is 0 Å². The molecule has 2 atom stereocenters. The van der Waals surface area contributed by atoms with Gasteiger partial charge in [-0.05, 0) is 17.7 Å². The van der Waals surface area contributed by atoms with Crippen molar-refractivity contribution in [2.45, 2.75) is 12.1 Å². The predicted molar refractivity (Wildman–Crippen MR) is 53.7 cm³/mol. The normalized spacial score (nSPS) is 14.6. The van der Waals surface area contributed by atoms with Crippen LogP contribution in [-0.4, -0.2) is 27.3 Å². The molecule has 0 amide bonds. The van der Waals surface area contributed by atoms with Crippen molar-refractivity contribution < 1.29 is 20.1 Å². The van der Waals surface area contributed by atoms with Crippen LogP contribution in [0.25, 0.3) is 0 Å². The fourth-order valence-electron chi connectivity index (χ4n) is 1.05. The first-order valence-corrected chi connectivity index (χ1v) is 4.46. The number of phenols is 1. The number of benzene rings is 1. The fourth-order valence-corrected chi connectivity index (χ4v) is 1.24. The van der Waals surface area contributed by atoms with Gasteiger partial charge in [-0.2, -0.15) is 0 Å². The molecule has 82 valence electrons. The second kappa shape index (κ2) is 4.48. The minimum atomic E-state index is -1.43. The van der Waals surface area contributed by atoms with Gasteiger partial charge < -0.3 is 21.1 Å². The molecule has 0 saturated carbocycles. The van der Waals surface area contributed by atoms with E-state index in [2.05, 4.69) is 0 Å². The van der Waals surface area contributed by atoms with Crippen LogP contribution < -0.4 is 5.73 Å². The first-order chi connectivity index (χ1) is 6.93. The zero-order valence-electron chi connectivity index (χ0n) is 7.59. The molecule has 0 aliphatic carbocycles. The van der Waals surface area contributed by atoms with Gasteiger partial charge in [-0.3, -0.25) is 4.79 Å². The van der Waals surface area contributed by atoms with Gasteiger partial charge in [0.15, 0.2) is 0 Å². The number of aromatic hydroxyl groups is 1. The molecule has 0 radical (unpaired) electrons. The van der Waals surface area contributed by atoms with Crippen LogP contribution in [0.2, 0.25) is 5.02 Å². The number of aliphatic carboxylic acids is 1. The van der Waals surface area contributed by atoms with Gasteiger partial charge in [-0.1, -0.05) is 17.7 Å². The van der Waals surface area contributed by atoms with Gasteiger partial charge in [0, 0.05) is 0 Å². The number of carboxylic acid groups (broad SMARTS) is 1. The zero-order valence-corrected chi connectivity index (χ0v) is 8.35. The van der Waals surface area contributed by atoms with Crippen LogP contribution in [0.5, 0.6) is 5.75 Å². The lowest BCUT2D eigenvalue weighted by atomic mass is 10.0. The third kappa shape index (κ3) is 2.59. The van der Waals surface area contributed by atoms with Crippen LogP contribution in [0.4, 0.5) is 0 Å². The standard InChI is InChI=1S/C9H10ClNO4/c10-5-3-4(1-2-6(5)12)8(13)7(11)9(14)15/h1-3,7-8,12-13H,11H2,(H,14,15)/t7-,8+/m0/s1. The maximum atomic E-state index is 10.5. The second-order valence-electron chi connectivity index (χ2n) is 3.02. The molecule has 1 rings (SSSR count). The lowest BCUT2D eigenvalue weighted by Gasteiger charge is -2.15. The first-order valence-electron chi connectivity index (χ1n) is 4.08. The van der Waals surface area contributed by atoms with Crippen LogP contribution >= 0.6 is 11.6 Å². The van der Waals surface area contributed by atoms with Crippen molar-refractivity contribution in [2.75, 3.05) is 0 Å². The fraction of sp³-hybridized carbons (Fsp3) is 0.222. The van der Waals surface area contributed by atoms with Crippen LogP contribution in [0.15, 0.2) is 18.2 Å². The monoisotopic (exact) mass is 231 g/mol. The summed E-state index contributed by atoms with van der Waals surface area (Å²) in [7, 11) is 0. The highest BCUT2D eigenvalue weighted by Crippen LogP contribution is 2.27. The molecule has 15 heavy (non-hydrogen) atoms. The van der Waals surface area contributed by atoms with Crippen LogP contribution in [-0.2, 0) is 4.79 Å². The van der Waals surface area contributed by atoms with Gasteiger partial charge >= 0.3 is 5.97 Å². The Morgan fingerprint density at radius 2 is 2.07 bits per heavy atom. The Balaban J connectivity index is 2.96. The molecule has 0 aliphatic rings. The molecular formula is C9H10ClNO4. The molecule has 0 spiro atoms. The third-order valence-electron chi connectivity index (χ3n) is 1.94. The second-order valence-corrected chi connectivity index (χ2v) is 3.43. The van der Waals surface area contributed by atoms with Gasteiger partial charge in [-0.25, -0.2) is 0 Å². The van der Waals surface area contributed by atoms with Crippen LogP contribution in [0.1, 0.15) is 11.7 Å². The number of carboxylic acids is 1. The minimum absolute atomic E-state index is 0.0316. The third-order valence-corrected chi connectivity index (χ3v) is 2.24. The van der Waals surface area contributed by atoms with E-state index >= 15 is 0 Å². The molecule has 0 bridgehead atoms. The Kier molecular flexibility index (Phi) is 3.52. The summed E-state index contributed by atoms with van der Waals surface area (Å²) in [5.41, 5.74) is 5.47. The van der Waals surface area contributed by atoms with E-state index in [9.17, 15) is 9.90 Å². The van der Waals surface area contributed by atoms with E-state index in [1.165, 1.54) is 18.2 Å². The number of aliphatic hydroxyl groups is 1. The summed E-state index contributed by atoms with van der Waals surface area (Å²) in [6, 6.07) is 2.46. The van der Waals surface area contributed by atoms with Gasteiger partial charge in [0.25, 0.3) is 0 Å². The number of hydrogen-bond donors (Lipinski definition) is 4. The molecular weight excluding hydrogens is 222 g/mol. The van der Waals surface area contributed by atoms with Crippen molar-refractivity contribution in [1.82, 2.24) is 0 Å². The van der Waals surface area contributed by atoms with E-state index in [0.717, 1.165) is 0 Å². The van der Waals surface area contributed by atoms with Gasteiger partial charge in [0.2, 0.25) is 0 Å². The number of hydrogen-bond acceptors (Lipinski definition) is 4. The Labute approximate surface area is 90.7 Å². The summed E-state index contributed by atoms with van der Waals surface area (Å²) in [5, 5.41) is 27.2. The first kappa shape index (κ1) is 11.8. The molecule has 0 aromatic heterocycles. The highest BCUT2D eigenvalue weighted by atomic mass is 35.5. The number of nitrogens with two attached hydrogens (primary N) is 1. The summed E-state index contributed by atoms with van der Waals surface area (Å²) in [4.78, 5) is 10.5. The van der Waals surface area contributed by atoms with Crippen molar-refractivity contribution in [3.05, 3.63) is 28.8 Å². The average molecular weight is 232 g/mol. The highest BCUT2D eigenvalue weighted by molar-refractivity contribution is 6.32. The lowest BCUT2D eigenvalue weighted by molar-refractivity contribution is -0.141. The number of rotatable bonds is 3. The minimum Gasteiger partial charge on any atom is -0.506 e. The Hall–Kier alpha value is -1.30. The molecule has 0 aliphatic heterocycles. The maximum absolute atomic E-state index is 10.5. The van der Waals surface area contributed by atoms with Crippen LogP contribution in [0.3, 0.4) is 0 Å². The van der Waals surface area contributed by atoms with Crippen molar-refractivity contribution in [3.63, 3.8) is 0 Å². The van der Waals surface area contributed by atoms with E-state index in [1.54, 1.807) is 0 Å². The largest absolute Gasteiger partial charge is 0.506 e. The summed E-state index contributed by atoms with van der Waals surface area (Å²) in [6.45, 7) is 0. The molecule has 0 saturated heterocycles. The van der Waals surface area contributed by atoms with Crippen molar-refractivity contribution in [3.8, 4) is 5.75 Å². The summed E-state index contributed by atoms with van der Waals surface area (Å²) in [6.07, 6.45) is -1.36. The molecule has 0 unspecified atom stereocenters. The maximum Gasteiger partial charge on any atom is 0.323 e. The van der Waals surface area contributed by atoms with E-state index in [0.29, 0.717) is 0 Å². The van der Waals surface area contributed by atoms with Crippen molar-refractivity contribution in [2.24, 2.45) is 5.73 Å². The molecule has 5 N–H and O–H groups in total. The molecule has 0 heterocycles. The smallest absolute Gasteiger partial charge is 0.323 e. The van der Waals surface area contributed by atoms with Crippen molar-refractivity contribution >= 4 is 17.6 Å². The Morgan fingerprint density at radius 3 is 2.53 bits per heavy atom. The predicted octanol–water partition coefficient (Wildman–Crippen LogP) is 0.491. The molecule has 1 aromatic rings. The number of halogens is 1. The quantitative estimate of drug-likeness (QED) is 0.606. The molecule has 6 heteroatoms. The number of phenolic OH excluding ortho intramolecular Hbond substituents is 1. The lowest BCUT2D eigenvalue weighted by Crippen LogP contribution is -2.36. The average Bonchev–Trinajstić information content (AvgIpc) is 2.19. The van der Waals surface area contributed by atoms with E-state index in [-0.39, 0.29) is 16.3 Å². The highest BCUT2D eigenvalue weighted by Gasteiger charge is 2.23.